The van der Waals surface area contributed by atoms with Crippen LogP contribution in [0.5, 0.6) is 0 Å². The van der Waals surface area contributed by atoms with Crippen LogP contribution in [0.1, 0.15) is 114 Å². The second-order valence-corrected chi connectivity index (χ2v) is 28.0. The van der Waals surface area contributed by atoms with Gasteiger partial charge in [-0.3, -0.25) is 8.98 Å². The van der Waals surface area contributed by atoms with Crippen LogP contribution in [0.25, 0.3) is 0 Å². The van der Waals surface area contributed by atoms with Crippen molar-refractivity contribution in [1.82, 2.24) is 0 Å². The van der Waals surface area contributed by atoms with Crippen LogP contribution >= 0.6 is 0 Å². The van der Waals surface area contributed by atoms with Crippen molar-refractivity contribution in [3.63, 3.8) is 0 Å². The van der Waals surface area contributed by atoms with Crippen LogP contribution in [0.2, 0.25) is 0 Å². The zero-order chi connectivity index (χ0) is 63.2. The number of aliphatic hydroxyl groups excluding tert-OH is 12. The summed E-state index contributed by atoms with van der Waals surface area (Å²) in [5.74, 6) is -1.17. The molecule has 0 amide bonds. The third kappa shape index (κ3) is 14.3. The van der Waals surface area contributed by atoms with E-state index >= 15 is 0 Å². The van der Waals surface area contributed by atoms with Gasteiger partial charge >= 0.3 is 29.6 Å². The number of ether oxygens (including phenoxy) is 10. The third-order valence-corrected chi connectivity index (χ3v) is 21.6. The number of fused-ring (bicyclic) bond motifs is 5. The molecule has 0 bridgehead atoms. The molecule has 87 heavy (non-hydrogen) atoms. The van der Waals surface area contributed by atoms with Gasteiger partial charge in [0.25, 0.3) is 0 Å². The largest absolute Gasteiger partial charge is 1.00 e. The van der Waals surface area contributed by atoms with Gasteiger partial charge in [0.05, 0.1) is 49.3 Å². The molecule has 30 heteroatoms. The van der Waals surface area contributed by atoms with Crippen LogP contribution in [0, 0.1) is 46.3 Å². The number of carbonyl (C=O) groups is 1. The first-order valence-electron chi connectivity index (χ1n) is 30.3. The first-order valence-corrected chi connectivity index (χ1v) is 31.7. The Morgan fingerprint density at radius 2 is 1.20 bits per heavy atom. The number of rotatable bonds is 18. The summed E-state index contributed by atoms with van der Waals surface area (Å²) in [7, 11) is -5.14. The fourth-order valence-electron chi connectivity index (χ4n) is 15.7. The molecule has 9 rings (SSSR count). The average Bonchev–Trinajstić information content (AvgIpc) is 1.70. The van der Waals surface area contributed by atoms with E-state index in [4.69, 9.17) is 51.6 Å². The van der Waals surface area contributed by atoms with E-state index in [-0.39, 0.29) is 84.2 Å². The predicted octanol–water partition coefficient (Wildman–Crippen LogP) is -5.77. The van der Waals surface area contributed by atoms with Crippen LogP contribution in [0.4, 0.5) is 0 Å². The summed E-state index contributed by atoms with van der Waals surface area (Å²) in [5.41, 5.74) is -1.35. The minimum atomic E-state index is -5.14. The molecule has 0 aromatic carbocycles. The van der Waals surface area contributed by atoms with Crippen LogP contribution in [0.3, 0.4) is 0 Å². The molecule has 0 aromatic rings. The Labute approximate surface area is 528 Å². The zero-order valence-corrected chi connectivity index (χ0v) is 53.8. The summed E-state index contributed by atoms with van der Waals surface area (Å²) < 4.78 is 102. The van der Waals surface area contributed by atoms with Crippen molar-refractivity contribution in [3.05, 3.63) is 11.6 Å². The summed E-state index contributed by atoms with van der Waals surface area (Å²) in [5, 5.41) is 145. The molecule has 5 aliphatic heterocycles. The smallest absolute Gasteiger partial charge is 0.726 e. The van der Waals surface area contributed by atoms with Gasteiger partial charge in [0.1, 0.15) is 103 Å². The Kier molecular flexibility index (Phi) is 23.2. The number of carbonyl (C=O) groups excluding carboxylic acids is 1. The number of hydrogen-bond donors (Lipinski definition) is 13. The van der Waals surface area contributed by atoms with E-state index in [1.54, 1.807) is 6.92 Å². The Bertz CT molecular complexity index is 2460. The second kappa shape index (κ2) is 28.0. The van der Waals surface area contributed by atoms with Gasteiger partial charge < -0.3 is 118 Å². The van der Waals surface area contributed by atoms with Crippen molar-refractivity contribution in [2.75, 3.05) is 13.2 Å². The summed E-state index contributed by atoms with van der Waals surface area (Å²) in [6, 6.07) is 0. The summed E-state index contributed by atoms with van der Waals surface area (Å²) in [6.45, 7) is 14.4. The summed E-state index contributed by atoms with van der Waals surface area (Å²) in [4.78, 5) is 13.5. The molecule has 5 heterocycles. The second-order valence-electron chi connectivity index (χ2n) is 27.0. The molecule has 16 unspecified atom stereocenters. The fourth-order valence-corrected chi connectivity index (χ4v) is 16.2. The topological polar surface area (TPSA) is 439 Å². The molecule has 0 spiro atoms. The van der Waals surface area contributed by atoms with Crippen molar-refractivity contribution in [2.24, 2.45) is 46.3 Å². The minimum absolute atomic E-state index is 0. The van der Waals surface area contributed by atoms with E-state index in [0.29, 0.717) is 32.1 Å². The molecule has 0 aromatic heterocycles. The van der Waals surface area contributed by atoms with Crippen LogP contribution in [-0.2, 0) is 66.7 Å². The molecule has 5 saturated heterocycles. The van der Waals surface area contributed by atoms with Crippen LogP contribution in [-0.4, -0.2) is 264 Å². The SMILES string of the molecule is CC(C)[C@@H](C)C(=O)CC(C)(O)[C@H]1CCC2C3CC(O[C@@H]4O[C@H](C)C(O)[C@H](OC5OCC(O[C@@H]6O[C@H](CO)[C@H](O)[C@@H](O)[C@H]6OC6O[C@H](C)C(O)[C@H](O)C6O)[C@H](O)C5O[C@@H]5O[C@H](C)[C@@H](O)C(O)[C@H]5O)[C@H]4O)C4CC(OS(=O)(=O)[O-])CCC4(C)C3=CCC21C.[Na+]. The molecule has 3 saturated carbocycles. The standard InChI is InChI=1S/C57H94O28S.Na/c1-21(2)22(3)31(59)18-57(9,71)35-11-10-28-27-17-32(30-16-26(85-86(72,73)74)12-14-55(30,7)29(27)13-15-56(28,35)8)79-52-46(70)47(38(62)25(6)78-52)82-53-48(83-50-44(68)41(65)36(60)23(4)76-50)40(64)34(20-75-53)81-54-49(43(67)39(63)33(19-58)80-54)84-51-45(69)42(66)37(61)24(5)77-51;/h13,21-28,30,32-54,58,60-71H,10-12,14-20H2,1-9H3,(H,72,73,74);/q;+1/p-1/t22-,23-,24-,25-,26?,27?,28?,30?,32?,33-,34?,35+,36-,37?,38?,39+,40+,41?,42+,43-,44-,45?,46-,47+,48?,49-,50+,51?,52+,53?,54+,55?,56?,57?;/m1./s1. The Morgan fingerprint density at radius 1 is 0.655 bits per heavy atom. The Hall–Kier alpha value is -0.640. The van der Waals surface area contributed by atoms with Gasteiger partial charge in [-0.1, -0.05) is 46.3 Å². The number of Topliss-reactive ketones (excluding diaryl/α,β-unsaturated/α-hetero) is 1. The Balaban J connectivity index is 0.00000982. The molecule has 4 aliphatic carbocycles. The summed E-state index contributed by atoms with van der Waals surface area (Å²) in [6.07, 6.45) is -37.9. The number of ketones is 1. The van der Waals surface area contributed by atoms with E-state index in [0.717, 1.165) is 5.57 Å². The third-order valence-electron chi connectivity index (χ3n) is 21.1. The normalized spacial score (nSPS) is 50.6. The Morgan fingerprint density at radius 3 is 1.76 bits per heavy atom. The molecule has 496 valence electrons. The van der Waals surface area contributed by atoms with E-state index in [1.807, 2.05) is 20.8 Å². The predicted molar refractivity (Wildman–Crippen MR) is 288 cm³/mol. The van der Waals surface area contributed by atoms with Crippen molar-refractivity contribution >= 4 is 16.2 Å². The molecule has 28 nitrogen and oxygen atoms in total. The molecule has 8 fully saturated rings. The number of allylic oxidation sites excluding steroid dienone is 2. The summed E-state index contributed by atoms with van der Waals surface area (Å²) >= 11 is 0. The number of hydrogen-bond acceptors (Lipinski definition) is 28. The van der Waals surface area contributed by atoms with Crippen molar-refractivity contribution in [3.8, 4) is 0 Å². The molecule has 34 atom stereocenters. The maximum atomic E-state index is 13.5. The minimum Gasteiger partial charge on any atom is -0.726 e. The van der Waals surface area contributed by atoms with Crippen LogP contribution < -0.4 is 29.6 Å². The van der Waals surface area contributed by atoms with Crippen LogP contribution in [0.15, 0.2) is 11.6 Å². The van der Waals surface area contributed by atoms with E-state index in [2.05, 4.69) is 19.9 Å². The maximum Gasteiger partial charge on any atom is 1.00 e. The van der Waals surface area contributed by atoms with E-state index in [9.17, 15) is 84.1 Å². The molecular weight excluding hydrogens is 1190 g/mol. The van der Waals surface area contributed by atoms with E-state index < -0.39 is 206 Å². The van der Waals surface area contributed by atoms with Gasteiger partial charge in [-0.25, -0.2) is 8.42 Å². The van der Waals surface area contributed by atoms with Gasteiger partial charge in [0, 0.05) is 12.3 Å². The van der Waals surface area contributed by atoms with Crippen molar-refractivity contribution in [2.45, 2.75) is 279 Å². The van der Waals surface area contributed by atoms with E-state index in [1.165, 1.54) is 20.8 Å². The van der Waals surface area contributed by atoms with Gasteiger partial charge in [-0.2, -0.15) is 0 Å². The monoisotopic (exact) mass is 1280 g/mol. The van der Waals surface area contributed by atoms with Gasteiger partial charge in [0.15, 0.2) is 31.5 Å². The molecule has 0 radical (unpaired) electrons. The van der Waals surface area contributed by atoms with Gasteiger partial charge in [-0.05, 0) is 113 Å². The zero-order valence-electron chi connectivity index (χ0n) is 51.0. The fraction of sp³-hybridized carbons (Fsp3) is 0.947. The molecular formula is C57H93NaO28S. The van der Waals surface area contributed by atoms with Gasteiger partial charge in [-0.15, -0.1) is 0 Å². The van der Waals surface area contributed by atoms with Gasteiger partial charge in [0.2, 0.25) is 10.4 Å². The number of aliphatic hydroxyl groups is 13. The first-order chi connectivity index (χ1) is 40.1. The molecule has 9 aliphatic rings. The van der Waals surface area contributed by atoms with Crippen molar-refractivity contribution < 1.29 is 165 Å². The maximum absolute atomic E-state index is 13.5. The first kappa shape index (κ1) is 72.2. The van der Waals surface area contributed by atoms with Crippen molar-refractivity contribution in [1.29, 1.82) is 0 Å². The molecule has 13 N–H and O–H groups in total. The quantitative estimate of drug-likeness (QED) is 0.0263. The average molecular weight is 1280 g/mol.